The Morgan fingerprint density at radius 1 is 1.18 bits per heavy atom. The van der Waals surface area contributed by atoms with Crippen molar-refractivity contribution in [3.05, 3.63) is 65.5 Å². The number of nitrogens with zero attached hydrogens (tertiary/aromatic N) is 3. The summed E-state index contributed by atoms with van der Waals surface area (Å²) in [5.74, 6) is -0.0330. The van der Waals surface area contributed by atoms with Crippen molar-refractivity contribution in [3.8, 4) is 5.69 Å². The zero-order valence-corrected chi connectivity index (χ0v) is 16.7. The number of aromatic nitrogens is 3. The Kier molecular flexibility index (Phi) is 5.49. The van der Waals surface area contributed by atoms with Crippen LogP contribution < -0.4 is 5.32 Å². The van der Waals surface area contributed by atoms with Gasteiger partial charge in [-0.25, -0.2) is 14.5 Å². The maximum absolute atomic E-state index is 11.6. The fourth-order valence-corrected chi connectivity index (χ4v) is 2.98. The summed E-state index contributed by atoms with van der Waals surface area (Å²) < 4.78 is 1.85. The summed E-state index contributed by atoms with van der Waals surface area (Å²) >= 11 is 0. The lowest BCUT2D eigenvalue weighted by Gasteiger charge is -2.19. The minimum absolute atomic E-state index is 0.109. The predicted octanol–water partition coefficient (Wildman–Crippen LogP) is 4.96. The van der Waals surface area contributed by atoms with Crippen molar-refractivity contribution in [1.29, 1.82) is 0 Å². The van der Waals surface area contributed by atoms with Crippen LogP contribution in [0.1, 0.15) is 55.7 Å². The predicted molar refractivity (Wildman–Crippen MR) is 111 cm³/mol. The number of hydrogen-bond acceptors (Lipinski definition) is 4. The molecule has 6 nitrogen and oxygen atoms in total. The SMILES string of the molecule is CCc1ccccc1-n1nc(C(C)(C)CC)cc1Nc1ncccc1C(=O)O. The monoisotopic (exact) mass is 378 g/mol. The van der Waals surface area contributed by atoms with Crippen LogP contribution in [-0.2, 0) is 11.8 Å². The molecule has 2 heterocycles. The van der Waals surface area contributed by atoms with Crippen LogP contribution in [0.15, 0.2) is 48.7 Å². The summed E-state index contributed by atoms with van der Waals surface area (Å²) in [6.45, 7) is 8.54. The molecule has 28 heavy (non-hydrogen) atoms. The number of hydrogen-bond donors (Lipinski definition) is 2. The summed E-state index contributed by atoms with van der Waals surface area (Å²) in [5.41, 5.74) is 3.08. The summed E-state index contributed by atoms with van der Waals surface area (Å²) in [6.07, 6.45) is 3.38. The molecular formula is C22H26N4O2. The molecule has 0 fully saturated rings. The third-order valence-corrected chi connectivity index (χ3v) is 5.17. The fraction of sp³-hybridized carbons (Fsp3) is 0.318. The number of benzene rings is 1. The maximum atomic E-state index is 11.6. The number of anilines is 2. The molecular weight excluding hydrogens is 352 g/mol. The molecule has 2 aromatic heterocycles. The number of aryl methyl sites for hydroxylation is 1. The van der Waals surface area contributed by atoms with E-state index in [1.54, 1.807) is 12.3 Å². The lowest BCUT2D eigenvalue weighted by Crippen LogP contribution is -2.16. The first-order valence-electron chi connectivity index (χ1n) is 9.51. The minimum atomic E-state index is -1.02. The summed E-state index contributed by atoms with van der Waals surface area (Å²) in [4.78, 5) is 15.8. The molecule has 0 bridgehead atoms. The van der Waals surface area contributed by atoms with Crippen molar-refractivity contribution in [3.63, 3.8) is 0 Å². The number of aromatic carboxylic acids is 1. The molecule has 0 aliphatic heterocycles. The first kappa shape index (κ1) is 19.6. The van der Waals surface area contributed by atoms with Crippen LogP contribution in [0.5, 0.6) is 0 Å². The molecule has 0 atom stereocenters. The summed E-state index contributed by atoms with van der Waals surface area (Å²) in [6, 6.07) is 13.2. The van der Waals surface area contributed by atoms with Crippen molar-refractivity contribution in [1.82, 2.24) is 14.8 Å². The number of rotatable bonds is 7. The van der Waals surface area contributed by atoms with Gasteiger partial charge in [0.15, 0.2) is 0 Å². The Bertz CT molecular complexity index is 992. The number of carboxylic acid groups (broad SMARTS) is 1. The van der Waals surface area contributed by atoms with Gasteiger partial charge in [-0.3, -0.25) is 0 Å². The van der Waals surface area contributed by atoms with E-state index in [1.165, 1.54) is 6.07 Å². The van der Waals surface area contributed by atoms with Gasteiger partial charge in [0, 0.05) is 17.7 Å². The normalized spacial score (nSPS) is 11.4. The van der Waals surface area contributed by atoms with E-state index in [-0.39, 0.29) is 11.0 Å². The van der Waals surface area contributed by atoms with Crippen molar-refractivity contribution in [2.24, 2.45) is 0 Å². The zero-order valence-electron chi connectivity index (χ0n) is 16.7. The van der Waals surface area contributed by atoms with Crippen LogP contribution in [0.25, 0.3) is 5.69 Å². The molecule has 0 aliphatic carbocycles. The highest BCUT2D eigenvalue weighted by atomic mass is 16.4. The van der Waals surface area contributed by atoms with Crippen LogP contribution in [0, 0.1) is 0 Å². The van der Waals surface area contributed by atoms with Crippen LogP contribution in [0.3, 0.4) is 0 Å². The Morgan fingerprint density at radius 3 is 2.61 bits per heavy atom. The molecule has 3 rings (SSSR count). The van der Waals surface area contributed by atoms with Gasteiger partial charge in [-0.15, -0.1) is 0 Å². The van der Waals surface area contributed by atoms with E-state index < -0.39 is 5.97 Å². The Morgan fingerprint density at radius 2 is 1.93 bits per heavy atom. The van der Waals surface area contributed by atoms with Crippen LogP contribution >= 0.6 is 0 Å². The van der Waals surface area contributed by atoms with Gasteiger partial charge in [0.25, 0.3) is 0 Å². The first-order chi connectivity index (χ1) is 13.4. The molecule has 6 heteroatoms. The van der Waals surface area contributed by atoms with Crippen molar-refractivity contribution >= 4 is 17.6 Å². The molecule has 0 spiro atoms. The minimum Gasteiger partial charge on any atom is -0.478 e. The standard InChI is InChI=1S/C22H26N4O2/c1-5-15-10-7-8-12-17(15)26-19(14-18(25-26)22(3,4)6-2)24-20-16(21(27)28)11-9-13-23-20/h7-14H,5-6H2,1-4H3,(H,23,24)(H,27,28). The molecule has 0 saturated carbocycles. The number of pyridine rings is 1. The molecule has 2 N–H and O–H groups in total. The number of carbonyl (C=O) groups is 1. The van der Waals surface area contributed by atoms with E-state index in [9.17, 15) is 9.90 Å². The van der Waals surface area contributed by atoms with Gasteiger partial charge in [-0.05, 0) is 36.6 Å². The van der Waals surface area contributed by atoms with Gasteiger partial charge >= 0.3 is 5.97 Å². The largest absolute Gasteiger partial charge is 0.478 e. The van der Waals surface area contributed by atoms with Crippen molar-refractivity contribution < 1.29 is 9.90 Å². The lowest BCUT2D eigenvalue weighted by molar-refractivity contribution is 0.0697. The van der Waals surface area contributed by atoms with Crippen molar-refractivity contribution in [2.45, 2.75) is 46.0 Å². The molecule has 1 aromatic carbocycles. The highest BCUT2D eigenvalue weighted by Crippen LogP contribution is 2.31. The van der Waals surface area contributed by atoms with E-state index >= 15 is 0 Å². The average molecular weight is 378 g/mol. The van der Waals surface area contributed by atoms with Gasteiger partial charge in [0.2, 0.25) is 0 Å². The lowest BCUT2D eigenvalue weighted by atomic mass is 9.87. The Labute approximate surface area is 165 Å². The molecule has 146 valence electrons. The van der Waals surface area contributed by atoms with E-state index in [1.807, 2.05) is 28.9 Å². The van der Waals surface area contributed by atoms with E-state index in [4.69, 9.17) is 5.10 Å². The molecule has 0 aliphatic rings. The summed E-state index contributed by atoms with van der Waals surface area (Å²) in [7, 11) is 0. The Hall–Kier alpha value is -3.15. The van der Waals surface area contributed by atoms with Crippen LogP contribution in [-0.4, -0.2) is 25.8 Å². The van der Waals surface area contributed by atoms with Crippen molar-refractivity contribution in [2.75, 3.05) is 5.32 Å². The van der Waals surface area contributed by atoms with E-state index in [0.717, 1.165) is 29.8 Å². The number of carboxylic acids is 1. The molecule has 0 saturated heterocycles. The fourth-order valence-electron chi connectivity index (χ4n) is 2.98. The second kappa shape index (κ2) is 7.84. The van der Waals surface area contributed by atoms with Gasteiger partial charge in [-0.1, -0.05) is 45.9 Å². The number of nitrogens with one attached hydrogen (secondary N) is 1. The van der Waals surface area contributed by atoms with Gasteiger partial charge in [0.05, 0.1) is 11.4 Å². The quantitative estimate of drug-likeness (QED) is 0.607. The first-order valence-corrected chi connectivity index (χ1v) is 9.51. The molecule has 0 radical (unpaired) electrons. The average Bonchev–Trinajstić information content (AvgIpc) is 3.12. The molecule has 3 aromatic rings. The highest BCUT2D eigenvalue weighted by Gasteiger charge is 2.25. The second-order valence-electron chi connectivity index (χ2n) is 7.38. The van der Waals surface area contributed by atoms with Crippen LogP contribution in [0.4, 0.5) is 11.6 Å². The van der Waals surface area contributed by atoms with Gasteiger partial charge < -0.3 is 10.4 Å². The number of para-hydroxylation sites is 1. The van der Waals surface area contributed by atoms with Gasteiger partial charge in [-0.2, -0.15) is 5.10 Å². The summed E-state index contributed by atoms with van der Waals surface area (Å²) in [5, 5.41) is 17.6. The zero-order chi connectivity index (χ0) is 20.3. The van der Waals surface area contributed by atoms with E-state index in [0.29, 0.717) is 11.6 Å². The maximum Gasteiger partial charge on any atom is 0.339 e. The topological polar surface area (TPSA) is 80.0 Å². The molecule has 0 amide bonds. The third-order valence-electron chi connectivity index (χ3n) is 5.17. The van der Waals surface area contributed by atoms with E-state index in [2.05, 4.69) is 44.1 Å². The smallest absolute Gasteiger partial charge is 0.339 e. The third kappa shape index (κ3) is 3.76. The second-order valence-corrected chi connectivity index (χ2v) is 7.38. The molecule has 0 unspecified atom stereocenters. The van der Waals surface area contributed by atoms with Crippen LogP contribution in [0.2, 0.25) is 0 Å². The highest BCUT2D eigenvalue weighted by molar-refractivity contribution is 5.93. The Balaban J connectivity index is 2.16. The van der Waals surface area contributed by atoms with Gasteiger partial charge in [0.1, 0.15) is 17.2 Å².